The first-order valence-electron chi connectivity index (χ1n) is 3.42. The summed E-state index contributed by atoms with van der Waals surface area (Å²) in [7, 11) is 1.43. The van der Waals surface area contributed by atoms with Gasteiger partial charge < -0.3 is 0 Å². The predicted octanol–water partition coefficient (Wildman–Crippen LogP) is 2.57. The fourth-order valence-electron chi connectivity index (χ4n) is 1.03. The highest BCUT2D eigenvalue weighted by atomic mass is 33.1. The van der Waals surface area contributed by atoms with Crippen LogP contribution in [0.2, 0.25) is 0 Å². The third kappa shape index (κ3) is 1.40. The second-order valence-corrected chi connectivity index (χ2v) is 3.57. The van der Waals surface area contributed by atoms with Crippen molar-refractivity contribution in [2.75, 3.05) is 0 Å². The van der Waals surface area contributed by atoms with Crippen LogP contribution in [0.5, 0.6) is 0 Å². The van der Waals surface area contributed by atoms with E-state index in [9.17, 15) is 0 Å². The number of fused-ring (bicyclic) bond motifs is 1. The van der Waals surface area contributed by atoms with Gasteiger partial charge in [-0.2, -0.15) is 10.2 Å². The molecule has 0 aliphatic heterocycles. The SMILES string of the molecule is SSc1ccc2cnncc2c1. The van der Waals surface area contributed by atoms with E-state index in [1.165, 1.54) is 10.8 Å². The number of benzene rings is 1. The van der Waals surface area contributed by atoms with Crippen molar-refractivity contribution in [3.8, 4) is 0 Å². The zero-order valence-corrected chi connectivity index (χ0v) is 7.85. The zero-order valence-electron chi connectivity index (χ0n) is 6.14. The van der Waals surface area contributed by atoms with E-state index in [-0.39, 0.29) is 0 Å². The van der Waals surface area contributed by atoms with E-state index in [1.54, 1.807) is 12.4 Å². The van der Waals surface area contributed by atoms with E-state index in [0.29, 0.717) is 0 Å². The minimum atomic E-state index is 1.10. The molecule has 0 bridgehead atoms. The lowest BCUT2D eigenvalue weighted by molar-refractivity contribution is 1.05. The molecule has 0 spiro atoms. The molecule has 1 aromatic heterocycles. The van der Waals surface area contributed by atoms with Crippen LogP contribution in [0.15, 0.2) is 35.5 Å². The molecule has 0 saturated heterocycles. The zero-order chi connectivity index (χ0) is 8.39. The standard InChI is InChI=1S/C8H6N2S2/c11-12-8-2-1-6-4-9-10-5-7(6)3-8/h1-5,11H. The molecular formula is C8H6N2S2. The van der Waals surface area contributed by atoms with Gasteiger partial charge >= 0.3 is 0 Å². The summed E-state index contributed by atoms with van der Waals surface area (Å²) in [5, 5.41) is 9.81. The molecule has 0 saturated carbocycles. The maximum atomic E-state index is 4.12. The van der Waals surface area contributed by atoms with E-state index >= 15 is 0 Å². The smallest absolute Gasteiger partial charge is 0.0575 e. The van der Waals surface area contributed by atoms with Crippen LogP contribution in [0.1, 0.15) is 0 Å². The van der Waals surface area contributed by atoms with Gasteiger partial charge in [0, 0.05) is 15.7 Å². The van der Waals surface area contributed by atoms with Crippen molar-refractivity contribution in [3.63, 3.8) is 0 Å². The lowest BCUT2D eigenvalue weighted by atomic mass is 10.2. The third-order valence-electron chi connectivity index (χ3n) is 1.62. The van der Waals surface area contributed by atoms with Gasteiger partial charge in [0.1, 0.15) is 0 Å². The van der Waals surface area contributed by atoms with Gasteiger partial charge in [0.2, 0.25) is 0 Å². The van der Waals surface area contributed by atoms with Crippen molar-refractivity contribution in [1.29, 1.82) is 0 Å². The molecular weight excluding hydrogens is 188 g/mol. The van der Waals surface area contributed by atoms with Crippen LogP contribution in [-0.2, 0) is 0 Å². The summed E-state index contributed by atoms with van der Waals surface area (Å²) in [6, 6.07) is 6.08. The molecule has 12 heavy (non-hydrogen) atoms. The molecule has 0 unspecified atom stereocenters. The average Bonchev–Trinajstić information content (AvgIpc) is 2.17. The van der Waals surface area contributed by atoms with Crippen LogP contribution in [0.25, 0.3) is 10.8 Å². The van der Waals surface area contributed by atoms with Crippen molar-refractivity contribution < 1.29 is 0 Å². The van der Waals surface area contributed by atoms with Crippen LogP contribution in [0, 0.1) is 0 Å². The van der Waals surface area contributed by atoms with Gasteiger partial charge in [-0.1, -0.05) is 16.9 Å². The van der Waals surface area contributed by atoms with Crippen molar-refractivity contribution in [3.05, 3.63) is 30.6 Å². The average molecular weight is 194 g/mol. The molecule has 2 rings (SSSR count). The van der Waals surface area contributed by atoms with Gasteiger partial charge in [0.05, 0.1) is 12.4 Å². The van der Waals surface area contributed by atoms with Crippen LogP contribution in [-0.4, -0.2) is 10.2 Å². The molecule has 1 aromatic carbocycles. The molecule has 60 valence electrons. The summed E-state index contributed by atoms with van der Waals surface area (Å²) >= 11 is 4.12. The van der Waals surface area contributed by atoms with Crippen LogP contribution >= 0.6 is 22.5 Å². The number of thiol groups is 1. The molecule has 0 radical (unpaired) electrons. The molecule has 2 aromatic rings. The van der Waals surface area contributed by atoms with E-state index in [0.717, 1.165) is 15.7 Å². The highest BCUT2D eigenvalue weighted by molar-refractivity contribution is 8.68. The summed E-state index contributed by atoms with van der Waals surface area (Å²) in [6.07, 6.45) is 3.51. The van der Waals surface area contributed by atoms with Crippen molar-refractivity contribution in [2.24, 2.45) is 0 Å². The van der Waals surface area contributed by atoms with Gasteiger partial charge in [-0.15, -0.1) is 11.7 Å². The first-order valence-corrected chi connectivity index (χ1v) is 5.29. The molecule has 1 heterocycles. The van der Waals surface area contributed by atoms with E-state index < -0.39 is 0 Å². The highest BCUT2D eigenvalue weighted by Gasteiger charge is 1.94. The minimum Gasteiger partial charge on any atom is -0.158 e. The molecule has 0 amide bonds. The summed E-state index contributed by atoms with van der Waals surface area (Å²) in [5.74, 6) is 0. The van der Waals surface area contributed by atoms with Crippen molar-refractivity contribution in [1.82, 2.24) is 10.2 Å². The monoisotopic (exact) mass is 194 g/mol. The maximum Gasteiger partial charge on any atom is 0.0575 e. The van der Waals surface area contributed by atoms with E-state index in [2.05, 4.69) is 21.9 Å². The second kappa shape index (κ2) is 3.33. The quantitative estimate of drug-likeness (QED) is 0.558. The fourth-order valence-corrected chi connectivity index (χ4v) is 1.68. The van der Waals surface area contributed by atoms with Gasteiger partial charge in [-0.05, 0) is 12.1 Å². The number of aromatic nitrogens is 2. The lowest BCUT2D eigenvalue weighted by Crippen LogP contribution is -1.79. The Hall–Kier alpha value is -0.740. The normalized spacial score (nSPS) is 10.4. The molecule has 4 heteroatoms. The van der Waals surface area contributed by atoms with Gasteiger partial charge in [0.15, 0.2) is 0 Å². The lowest BCUT2D eigenvalue weighted by Gasteiger charge is -1.97. The molecule has 0 aliphatic rings. The molecule has 0 N–H and O–H groups in total. The Kier molecular flexibility index (Phi) is 2.19. The number of hydrogen-bond donors (Lipinski definition) is 1. The second-order valence-electron chi connectivity index (χ2n) is 2.37. The van der Waals surface area contributed by atoms with Crippen LogP contribution < -0.4 is 0 Å². The van der Waals surface area contributed by atoms with Crippen molar-refractivity contribution in [2.45, 2.75) is 4.90 Å². The summed E-state index contributed by atoms with van der Waals surface area (Å²) < 4.78 is 0. The van der Waals surface area contributed by atoms with Gasteiger partial charge in [-0.25, -0.2) is 0 Å². The van der Waals surface area contributed by atoms with E-state index in [4.69, 9.17) is 0 Å². The Morgan fingerprint density at radius 3 is 2.58 bits per heavy atom. The predicted molar refractivity (Wildman–Crippen MR) is 54.4 cm³/mol. The summed E-state index contributed by atoms with van der Waals surface area (Å²) in [5.41, 5.74) is 0. The first kappa shape index (κ1) is 7.89. The molecule has 0 fully saturated rings. The Balaban J connectivity index is 2.67. The summed E-state index contributed by atoms with van der Waals surface area (Å²) in [6.45, 7) is 0. The topological polar surface area (TPSA) is 25.8 Å². The largest absolute Gasteiger partial charge is 0.158 e. The number of hydrogen-bond acceptors (Lipinski definition) is 4. The molecule has 0 atom stereocenters. The number of rotatable bonds is 1. The molecule has 2 nitrogen and oxygen atoms in total. The van der Waals surface area contributed by atoms with Gasteiger partial charge in [-0.3, -0.25) is 0 Å². The van der Waals surface area contributed by atoms with Crippen LogP contribution in [0.4, 0.5) is 0 Å². The maximum absolute atomic E-state index is 4.12. The van der Waals surface area contributed by atoms with Gasteiger partial charge in [0.25, 0.3) is 0 Å². The highest BCUT2D eigenvalue weighted by Crippen LogP contribution is 2.24. The van der Waals surface area contributed by atoms with Crippen LogP contribution in [0.3, 0.4) is 0 Å². The summed E-state index contributed by atoms with van der Waals surface area (Å²) in [4.78, 5) is 1.12. The molecule has 0 aliphatic carbocycles. The fraction of sp³-hybridized carbons (Fsp3) is 0. The Labute approximate surface area is 79.2 Å². The first-order chi connectivity index (χ1) is 5.90. The third-order valence-corrected chi connectivity index (χ3v) is 2.72. The van der Waals surface area contributed by atoms with Crippen molar-refractivity contribution >= 4 is 33.2 Å². The minimum absolute atomic E-state index is 1.10. The Morgan fingerprint density at radius 2 is 1.83 bits per heavy atom. The van der Waals surface area contributed by atoms with E-state index in [1.807, 2.05) is 18.2 Å². The Bertz CT molecular complexity index is 403. The Morgan fingerprint density at radius 1 is 1.08 bits per heavy atom. The number of nitrogens with zero attached hydrogens (tertiary/aromatic N) is 2.